The van der Waals surface area contributed by atoms with E-state index in [1.807, 2.05) is 0 Å². The van der Waals surface area contributed by atoms with E-state index in [1.54, 1.807) is 0 Å². The number of carbonyl (C=O) groups excluding carboxylic acids is 3. The SMILES string of the molecule is CCCCCCCCCC/C=C\CCCCCCCCCCCCCCCCCC(=O)OCC(COC(=O)CCCCCCCCCC)OC(=O)CCCCCCCCCCCCC. The molecule has 0 bridgehead atoms. The molecule has 0 aliphatic heterocycles. The quantitative estimate of drug-likeness (QED) is 0.0262. The molecule has 0 fully saturated rings. The Bertz CT molecular complexity index is 993. The first-order chi connectivity index (χ1) is 31.5. The molecule has 0 saturated heterocycles. The average molecular weight is 904 g/mol. The summed E-state index contributed by atoms with van der Waals surface area (Å²) >= 11 is 0. The lowest BCUT2D eigenvalue weighted by molar-refractivity contribution is -0.167. The third-order valence-electron chi connectivity index (χ3n) is 13.0. The van der Waals surface area contributed by atoms with Crippen molar-refractivity contribution in [1.82, 2.24) is 0 Å². The largest absolute Gasteiger partial charge is 0.462 e. The van der Waals surface area contributed by atoms with Gasteiger partial charge >= 0.3 is 17.9 Å². The molecule has 6 heteroatoms. The third-order valence-corrected chi connectivity index (χ3v) is 13.0. The van der Waals surface area contributed by atoms with Crippen LogP contribution in [0.5, 0.6) is 0 Å². The van der Waals surface area contributed by atoms with Crippen LogP contribution in [0.25, 0.3) is 0 Å². The van der Waals surface area contributed by atoms with E-state index in [9.17, 15) is 14.4 Å². The number of allylic oxidation sites excluding steroid dienone is 2. The molecule has 6 nitrogen and oxygen atoms in total. The van der Waals surface area contributed by atoms with Crippen LogP contribution in [0.15, 0.2) is 12.2 Å². The van der Waals surface area contributed by atoms with Crippen LogP contribution in [0.1, 0.15) is 323 Å². The van der Waals surface area contributed by atoms with E-state index in [-0.39, 0.29) is 31.1 Å². The molecule has 0 saturated carbocycles. The van der Waals surface area contributed by atoms with Crippen LogP contribution in [0.3, 0.4) is 0 Å². The molecule has 1 atom stereocenters. The van der Waals surface area contributed by atoms with Crippen molar-refractivity contribution >= 4 is 17.9 Å². The van der Waals surface area contributed by atoms with Gasteiger partial charge < -0.3 is 14.2 Å². The predicted octanol–water partition coefficient (Wildman–Crippen LogP) is 18.9. The minimum Gasteiger partial charge on any atom is -0.462 e. The van der Waals surface area contributed by atoms with Crippen LogP contribution in [-0.4, -0.2) is 37.2 Å². The lowest BCUT2D eigenvalue weighted by atomic mass is 10.0. The molecule has 0 radical (unpaired) electrons. The molecule has 0 aromatic heterocycles. The smallest absolute Gasteiger partial charge is 0.306 e. The number of carbonyl (C=O) groups is 3. The molecule has 0 spiro atoms. The summed E-state index contributed by atoms with van der Waals surface area (Å²) in [6.07, 6.45) is 60.9. The minimum atomic E-state index is -0.761. The van der Waals surface area contributed by atoms with Gasteiger partial charge in [0.05, 0.1) is 0 Å². The van der Waals surface area contributed by atoms with Crippen molar-refractivity contribution in [1.29, 1.82) is 0 Å². The lowest BCUT2D eigenvalue weighted by Gasteiger charge is -2.18. The van der Waals surface area contributed by atoms with Gasteiger partial charge in [-0.2, -0.15) is 0 Å². The summed E-state index contributed by atoms with van der Waals surface area (Å²) < 4.78 is 16.8. The number of esters is 3. The van der Waals surface area contributed by atoms with Crippen molar-refractivity contribution in [3.05, 3.63) is 12.2 Å². The van der Waals surface area contributed by atoms with E-state index in [1.165, 1.54) is 225 Å². The summed E-state index contributed by atoms with van der Waals surface area (Å²) in [4.78, 5) is 37.8. The van der Waals surface area contributed by atoms with Gasteiger partial charge in [-0.25, -0.2) is 0 Å². The van der Waals surface area contributed by atoms with Crippen molar-refractivity contribution in [2.24, 2.45) is 0 Å². The van der Waals surface area contributed by atoms with Gasteiger partial charge in [0.2, 0.25) is 0 Å². The molecule has 0 aliphatic carbocycles. The van der Waals surface area contributed by atoms with E-state index in [4.69, 9.17) is 14.2 Å². The first-order valence-corrected chi connectivity index (χ1v) is 28.7. The zero-order valence-electron chi connectivity index (χ0n) is 43.3. The van der Waals surface area contributed by atoms with Crippen molar-refractivity contribution in [3.8, 4) is 0 Å². The van der Waals surface area contributed by atoms with Gasteiger partial charge in [-0.15, -0.1) is 0 Å². The highest BCUT2D eigenvalue weighted by atomic mass is 16.6. The second kappa shape index (κ2) is 53.8. The molecule has 0 heterocycles. The van der Waals surface area contributed by atoms with Crippen molar-refractivity contribution in [2.45, 2.75) is 329 Å². The van der Waals surface area contributed by atoms with Gasteiger partial charge in [0, 0.05) is 19.3 Å². The molecule has 1 unspecified atom stereocenters. The maximum atomic E-state index is 12.7. The summed E-state index contributed by atoms with van der Waals surface area (Å²) in [6, 6.07) is 0. The maximum absolute atomic E-state index is 12.7. The first-order valence-electron chi connectivity index (χ1n) is 28.7. The zero-order chi connectivity index (χ0) is 46.5. The molecule has 0 N–H and O–H groups in total. The van der Waals surface area contributed by atoms with Crippen molar-refractivity contribution < 1.29 is 28.6 Å². The Balaban J connectivity index is 4.02. The molecular formula is C58H110O6. The molecule has 0 aromatic rings. The summed E-state index contributed by atoms with van der Waals surface area (Å²) in [5, 5.41) is 0. The maximum Gasteiger partial charge on any atom is 0.306 e. The van der Waals surface area contributed by atoms with Crippen LogP contribution < -0.4 is 0 Å². The highest BCUT2D eigenvalue weighted by Crippen LogP contribution is 2.17. The number of hydrogen-bond donors (Lipinski definition) is 0. The Kier molecular flexibility index (Phi) is 52.2. The Morgan fingerprint density at radius 3 is 0.781 bits per heavy atom. The van der Waals surface area contributed by atoms with Crippen LogP contribution >= 0.6 is 0 Å². The number of hydrogen-bond acceptors (Lipinski definition) is 6. The molecule has 378 valence electrons. The Labute approximate surface area is 399 Å². The van der Waals surface area contributed by atoms with Crippen LogP contribution in [0.4, 0.5) is 0 Å². The fourth-order valence-electron chi connectivity index (χ4n) is 8.68. The van der Waals surface area contributed by atoms with E-state index < -0.39 is 6.10 Å². The summed E-state index contributed by atoms with van der Waals surface area (Å²) in [5.74, 6) is -0.851. The Morgan fingerprint density at radius 1 is 0.297 bits per heavy atom. The lowest BCUT2D eigenvalue weighted by Crippen LogP contribution is -2.30. The number of rotatable bonds is 53. The highest BCUT2D eigenvalue weighted by Gasteiger charge is 2.19. The normalized spacial score (nSPS) is 12.0. The zero-order valence-corrected chi connectivity index (χ0v) is 43.3. The second-order valence-corrected chi connectivity index (χ2v) is 19.6. The van der Waals surface area contributed by atoms with Crippen LogP contribution in [-0.2, 0) is 28.6 Å². The van der Waals surface area contributed by atoms with Crippen LogP contribution in [0, 0.1) is 0 Å². The van der Waals surface area contributed by atoms with Crippen molar-refractivity contribution in [2.75, 3.05) is 13.2 Å². The van der Waals surface area contributed by atoms with E-state index >= 15 is 0 Å². The Hall–Kier alpha value is -1.85. The van der Waals surface area contributed by atoms with E-state index in [0.717, 1.165) is 57.8 Å². The minimum absolute atomic E-state index is 0.0643. The second-order valence-electron chi connectivity index (χ2n) is 19.6. The molecule has 0 rings (SSSR count). The summed E-state index contributed by atoms with van der Waals surface area (Å²) in [6.45, 7) is 6.64. The summed E-state index contributed by atoms with van der Waals surface area (Å²) in [7, 11) is 0. The van der Waals surface area contributed by atoms with Gasteiger partial charge in [0.1, 0.15) is 13.2 Å². The molecule has 0 aliphatic rings. The number of unbranched alkanes of at least 4 members (excludes halogenated alkanes) is 40. The molecule has 64 heavy (non-hydrogen) atoms. The molecular weight excluding hydrogens is 793 g/mol. The average Bonchev–Trinajstić information content (AvgIpc) is 3.29. The van der Waals surface area contributed by atoms with Crippen LogP contribution in [0.2, 0.25) is 0 Å². The van der Waals surface area contributed by atoms with Crippen molar-refractivity contribution in [3.63, 3.8) is 0 Å². The summed E-state index contributed by atoms with van der Waals surface area (Å²) in [5.41, 5.74) is 0. The van der Waals surface area contributed by atoms with Gasteiger partial charge in [0.25, 0.3) is 0 Å². The standard InChI is InChI=1S/C58H110O6/c1-4-7-10-13-16-19-21-22-23-24-25-26-27-28-29-30-31-32-33-34-35-36-38-39-42-45-48-51-57(60)63-54-55(53-62-56(59)50-47-44-41-18-15-12-9-6-3)64-58(61)52-49-46-43-40-37-20-17-14-11-8-5-2/h24-25,55H,4-23,26-54H2,1-3H3/b25-24-. The van der Waals surface area contributed by atoms with E-state index in [2.05, 4.69) is 32.9 Å². The third kappa shape index (κ3) is 51.1. The number of ether oxygens (including phenoxy) is 3. The van der Waals surface area contributed by atoms with Gasteiger partial charge in [0.15, 0.2) is 6.10 Å². The topological polar surface area (TPSA) is 78.9 Å². The van der Waals surface area contributed by atoms with E-state index in [0.29, 0.717) is 19.3 Å². The van der Waals surface area contributed by atoms with Gasteiger partial charge in [-0.1, -0.05) is 270 Å². The molecule has 0 amide bonds. The monoisotopic (exact) mass is 903 g/mol. The predicted molar refractivity (Wildman–Crippen MR) is 275 cm³/mol. The fraction of sp³-hybridized carbons (Fsp3) is 0.914. The van der Waals surface area contributed by atoms with Gasteiger partial charge in [-0.05, 0) is 44.9 Å². The first kappa shape index (κ1) is 62.1. The highest BCUT2D eigenvalue weighted by molar-refractivity contribution is 5.71. The fourth-order valence-corrected chi connectivity index (χ4v) is 8.68. The molecule has 0 aromatic carbocycles. The van der Waals surface area contributed by atoms with Gasteiger partial charge in [-0.3, -0.25) is 14.4 Å². The Morgan fingerprint density at radius 2 is 0.516 bits per heavy atom.